The van der Waals surface area contributed by atoms with E-state index in [1.165, 1.54) is 19.1 Å². The first-order chi connectivity index (χ1) is 20.4. The van der Waals surface area contributed by atoms with Crippen LogP contribution in [0.4, 0.5) is 0 Å². The van der Waals surface area contributed by atoms with Gasteiger partial charge in [-0.15, -0.1) is 0 Å². The van der Waals surface area contributed by atoms with Crippen LogP contribution >= 0.6 is 7.75 Å². The molecule has 15 heteroatoms. The van der Waals surface area contributed by atoms with Crippen molar-refractivity contribution in [3.8, 4) is 11.6 Å². The van der Waals surface area contributed by atoms with Crippen LogP contribution in [0.25, 0.3) is 0 Å². The molecule has 14 nitrogen and oxygen atoms in total. The van der Waals surface area contributed by atoms with Crippen molar-refractivity contribution in [2.75, 3.05) is 6.56 Å². The second-order valence-electron chi connectivity index (χ2n) is 9.63. The highest BCUT2D eigenvalue weighted by Crippen LogP contribution is 2.47. The number of carbonyl (C=O) groups excluding carboxylic acids is 2. The number of benzene rings is 1. The van der Waals surface area contributed by atoms with Crippen molar-refractivity contribution in [1.82, 2.24) is 14.6 Å². The first-order valence-electron chi connectivity index (χ1n) is 14.3. The Balaban J connectivity index is 1.92. The Labute approximate surface area is 241 Å². The number of hydrogen-bond acceptors (Lipinski definition) is 12. The predicted molar refractivity (Wildman–Crippen MR) is 144 cm³/mol. The lowest BCUT2D eigenvalue weighted by Crippen LogP contribution is -2.46. The third-order valence-electron chi connectivity index (χ3n) is 5.64. The number of para-hydroxylation sites is 1. The summed E-state index contributed by atoms with van der Waals surface area (Å²) in [7, 11) is -4.83. The van der Waals surface area contributed by atoms with Crippen LogP contribution in [-0.4, -0.2) is 68.2 Å². The van der Waals surface area contributed by atoms with E-state index in [9.17, 15) is 29.2 Å². The molecule has 3 rings (SSSR count). The molecule has 1 aliphatic heterocycles. The standard InChI is InChI=1S/C26H36N3O11P/c1-6-10-21(30)39-20-13-14-29(25(33)27-20)24-26(5,34)22(31)19(38-24)15-36-41(35,40-18-11-8-7-9-12-18)28-17(4)23(32)37-16(2)3/h7-9,11-14,16-17,19,22,24,31,34H,6,10,15H2,1-5H3,(H,28,35)/t17-,19+,22+,24+,26+,41-/m0/s1/i13D,15D2. The van der Waals surface area contributed by atoms with Crippen LogP contribution in [0.1, 0.15) is 57.8 Å². The van der Waals surface area contributed by atoms with Gasteiger partial charge < -0.3 is 28.9 Å². The molecule has 0 radical (unpaired) electrons. The van der Waals surface area contributed by atoms with Crippen molar-refractivity contribution in [2.45, 2.75) is 83.6 Å². The van der Waals surface area contributed by atoms with Crippen LogP contribution in [0, 0.1) is 0 Å². The molecule has 1 aromatic heterocycles. The zero-order valence-corrected chi connectivity index (χ0v) is 24.1. The Kier molecular flexibility index (Phi) is 9.35. The number of nitrogens with zero attached hydrogens (tertiary/aromatic N) is 2. The van der Waals surface area contributed by atoms with E-state index in [0.717, 1.165) is 13.1 Å². The Morgan fingerprint density at radius 2 is 2.00 bits per heavy atom. The lowest BCUT2D eigenvalue weighted by atomic mass is 9.96. The SMILES string of the molecule is [2H]c1cn([C@@H]2O[C@H](C([2H])([2H])O[P@@](=O)(N[C@@H](C)C(=O)OC(C)C)Oc3ccccc3)[C@@H](O)[C@@]2(C)O)c(=O)nc1OC(=O)CCC. The minimum Gasteiger partial charge on any atom is -0.462 e. The number of aliphatic hydroxyl groups is 2. The van der Waals surface area contributed by atoms with Crippen LogP contribution in [0.5, 0.6) is 11.6 Å². The number of aliphatic hydroxyl groups excluding tert-OH is 1. The van der Waals surface area contributed by atoms with Gasteiger partial charge in [0.15, 0.2) is 6.23 Å². The van der Waals surface area contributed by atoms with Gasteiger partial charge in [0, 0.05) is 18.7 Å². The maximum atomic E-state index is 13.9. The Hall–Kier alpha value is -3.13. The Morgan fingerprint density at radius 1 is 1.32 bits per heavy atom. The molecule has 6 atom stereocenters. The summed E-state index contributed by atoms with van der Waals surface area (Å²) in [4.78, 5) is 40.6. The molecule has 1 aliphatic rings. The molecule has 3 N–H and O–H groups in total. The predicted octanol–water partition coefficient (Wildman–Crippen LogP) is 2.09. The zero-order chi connectivity index (χ0) is 33.0. The summed E-state index contributed by atoms with van der Waals surface area (Å²) in [6, 6.07) is 5.65. The highest BCUT2D eigenvalue weighted by atomic mass is 31.2. The number of esters is 2. The third-order valence-corrected chi connectivity index (χ3v) is 7.14. The molecule has 0 bridgehead atoms. The first-order valence-corrected chi connectivity index (χ1v) is 14.3. The quantitative estimate of drug-likeness (QED) is 0.224. The zero-order valence-electron chi connectivity index (χ0n) is 26.2. The van der Waals surface area contributed by atoms with Crippen molar-refractivity contribution in [3.63, 3.8) is 0 Å². The van der Waals surface area contributed by atoms with Crippen molar-refractivity contribution < 1.29 is 51.7 Å². The molecule has 1 fully saturated rings. The first kappa shape index (κ1) is 28.0. The molecule has 2 aromatic rings. The lowest BCUT2D eigenvalue weighted by Gasteiger charge is -2.27. The van der Waals surface area contributed by atoms with Gasteiger partial charge in [-0.2, -0.15) is 10.1 Å². The molecule has 226 valence electrons. The summed E-state index contributed by atoms with van der Waals surface area (Å²) in [6.07, 6.45) is -5.29. The Bertz CT molecular complexity index is 1440. The molecule has 41 heavy (non-hydrogen) atoms. The number of ether oxygens (including phenoxy) is 3. The molecule has 0 saturated carbocycles. The summed E-state index contributed by atoms with van der Waals surface area (Å²) in [5.74, 6) is -2.18. The van der Waals surface area contributed by atoms with Crippen LogP contribution < -0.4 is 20.0 Å². The van der Waals surface area contributed by atoms with E-state index in [1.807, 2.05) is 0 Å². The molecule has 0 spiro atoms. The minimum absolute atomic E-state index is 0.0119. The molecule has 1 aromatic carbocycles. The number of nitrogens with one attached hydrogen (secondary N) is 1. The fourth-order valence-electron chi connectivity index (χ4n) is 3.62. The van der Waals surface area contributed by atoms with Gasteiger partial charge in [-0.05, 0) is 46.2 Å². The van der Waals surface area contributed by atoms with Crippen LogP contribution in [-0.2, 0) is 28.2 Å². The fourth-order valence-corrected chi connectivity index (χ4v) is 4.98. The van der Waals surface area contributed by atoms with E-state index in [0.29, 0.717) is 11.0 Å². The number of rotatable bonds is 13. The van der Waals surface area contributed by atoms with Gasteiger partial charge in [0.1, 0.15) is 29.6 Å². The summed E-state index contributed by atoms with van der Waals surface area (Å²) in [5, 5.41) is 24.4. The fraction of sp³-hybridized carbons (Fsp3) is 0.538. The van der Waals surface area contributed by atoms with Gasteiger partial charge >= 0.3 is 25.4 Å². The van der Waals surface area contributed by atoms with Crippen molar-refractivity contribution in [1.29, 1.82) is 0 Å². The monoisotopic (exact) mass is 600 g/mol. The van der Waals surface area contributed by atoms with E-state index >= 15 is 0 Å². The Morgan fingerprint density at radius 3 is 2.63 bits per heavy atom. The maximum absolute atomic E-state index is 13.9. The highest BCUT2D eigenvalue weighted by Gasteiger charge is 2.54. The van der Waals surface area contributed by atoms with E-state index < -0.39 is 80.0 Å². The second kappa shape index (κ2) is 13.7. The summed E-state index contributed by atoms with van der Waals surface area (Å²) in [6.45, 7) is 4.02. The van der Waals surface area contributed by atoms with Crippen molar-refractivity contribution in [2.24, 2.45) is 0 Å². The minimum atomic E-state index is -4.83. The normalized spacial score (nSPS) is 25.9. The van der Waals surface area contributed by atoms with Gasteiger partial charge in [-0.25, -0.2) is 9.36 Å². The van der Waals surface area contributed by atoms with Gasteiger partial charge in [0.05, 0.1) is 16.8 Å². The van der Waals surface area contributed by atoms with Crippen LogP contribution in [0.15, 0.2) is 47.4 Å². The van der Waals surface area contributed by atoms with Crippen molar-refractivity contribution >= 4 is 19.7 Å². The average Bonchev–Trinajstić information content (AvgIpc) is 3.14. The van der Waals surface area contributed by atoms with E-state index in [2.05, 4.69) is 10.1 Å². The smallest absolute Gasteiger partial charge is 0.459 e. The third kappa shape index (κ3) is 8.44. The largest absolute Gasteiger partial charge is 0.462 e. The highest BCUT2D eigenvalue weighted by molar-refractivity contribution is 7.52. The summed E-state index contributed by atoms with van der Waals surface area (Å²) < 4.78 is 66.1. The van der Waals surface area contributed by atoms with E-state index in [1.54, 1.807) is 39.0 Å². The molecule has 2 heterocycles. The van der Waals surface area contributed by atoms with Gasteiger partial charge in [-0.1, -0.05) is 25.1 Å². The number of hydrogen-bond donors (Lipinski definition) is 3. The van der Waals surface area contributed by atoms with Gasteiger partial charge in [-0.3, -0.25) is 18.7 Å². The van der Waals surface area contributed by atoms with E-state index in [-0.39, 0.29) is 12.2 Å². The molecule has 1 saturated heterocycles. The molecule has 0 amide bonds. The number of aromatic nitrogens is 2. The molecular formula is C26H36N3O11P. The van der Waals surface area contributed by atoms with Crippen molar-refractivity contribution in [3.05, 3.63) is 53.1 Å². The maximum Gasteiger partial charge on any atom is 0.459 e. The number of carbonyl (C=O) groups is 2. The second-order valence-corrected chi connectivity index (χ2v) is 11.2. The molecule has 0 unspecified atom stereocenters. The van der Waals surface area contributed by atoms with Crippen LogP contribution in [0.2, 0.25) is 0 Å². The summed E-state index contributed by atoms with van der Waals surface area (Å²) in [5.41, 5.74) is -3.55. The van der Waals surface area contributed by atoms with Gasteiger partial charge in [0.25, 0.3) is 0 Å². The molecular weight excluding hydrogens is 561 g/mol. The van der Waals surface area contributed by atoms with Crippen LogP contribution in [0.3, 0.4) is 0 Å². The molecule has 0 aliphatic carbocycles. The average molecular weight is 601 g/mol. The van der Waals surface area contributed by atoms with Gasteiger partial charge in [0.2, 0.25) is 5.88 Å². The lowest BCUT2D eigenvalue weighted by molar-refractivity contribution is -0.149. The van der Waals surface area contributed by atoms with E-state index in [4.69, 9.17) is 27.4 Å². The topological polar surface area (TPSA) is 185 Å². The summed E-state index contributed by atoms with van der Waals surface area (Å²) >= 11 is 0.